The van der Waals surface area contributed by atoms with Crippen LogP contribution >= 0.6 is 0 Å². The van der Waals surface area contributed by atoms with Crippen molar-refractivity contribution in [2.24, 2.45) is 0 Å². The van der Waals surface area contributed by atoms with E-state index in [2.05, 4.69) is 0 Å². The standard InChI is InChI=1S/C20H21F5O2/c1-3-4-5-12-6-8-14(20(25)18(12)23)19(24)16(22)11-27-17-9-7-13(26-2)10-15(17)21/h6-10,16,19H,3-5,11H2,1-2H3. The average Bonchev–Trinajstić information content (AvgIpc) is 2.67. The number of hydrogen-bond donors (Lipinski definition) is 0. The molecule has 0 heterocycles. The molecule has 0 aliphatic rings. The first-order valence-corrected chi connectivity index (χ1v) is 8.60. The summed E-state index contributed by atoms with van der Waals surface area (Å²) in [4.78, 5) is 0. The van der Waals surface area contributed by atoms with E-state index in [4.69, 9.17) is 9.47 Å². The fourth-order valence-electron chi connectivity index (χ4n) is 2.55. The molecule has 2 unspecified atom stereocenters. The van der Waals surface area contributed by atoms with Crippen molar-refractivity contribution < 1.29 is 31.4 Å². The second-order valence-electron chi connectivity index (χ2n) is 6.07. The van der Waals surface area contributed by atoms with Crippen LogP contribution in [0.5, 0.6) is 11.5 Å². The molecular weight excluding hydrogens is 367 g/mol. The largest absolute Gasteiger partial charge is 0.497 e. The van der Waals surface area contributed by atoms with Crippen molar-refractivity contribution in [2.75, 3.05) is 13.7 Å². The van der Waals surface area contributed by atoms with Gasteiger partial charge < -0.3 is 9.47 Å². The third-order valence-corrected chi connectivity index (χ3v) is 4.14. The van der Waals surface area contributed by atoms with Gasteiger partial charge in [-0.25, -0.2) is 22.0 Å². The second-order valence-corrected chi connectivity index (χ2v) is 6.07. The lowest BCUT2D eigenvalue weighted by molar-refractivity contribution is 0.104. The normalized spacial score (nSPS) is 13.3. The summed E-state index contributed by atoms with van der Waals surface area (Å²) in [6, 6.07) is 5.92. The number of halogens is 5. The lowest BCUT2D eigenvalue weighted by Gasteiger charge is -2.17. The third kappa shape index (κ3) is 5.11. The van der Waals surface area contributed by atoms with Crippen LogP contribution in [0.15, 0.2) is 30.3 Å². The van der Waals surface area contributed by atoms with Crippen LogP contribution in [0.3, 0.4) is 0 Å². The zero-order valence-corrected chi connectivity index (χ0v) is 15.1. The number of ether oxygens (including phenoxy) is 2. The van der Waals surface area contributed by atoms with Gasteiger partial charge >= 0.3 is 0 Å². The molecule has 0 amide bonds. The zero-order chi connectivity index (χ0) is 20.0. The highest BCUT2D eigenvalue weighted by atomic mass is 19.2. The molecule has 148 valence electrons. The van der Waals surface area contributed by atoms with E-state index in [1.807, 2.05) is 6.92 Å². The van der Waals surface area contributed by atoms with Gasteiger partial charge in [-0.1, -0.05) is 25.5 Å². The van der Waals surface area contributed by atoms with E-state index in [9.17, 15) is 22.0 Å². The summed E-state index contributed by atoms with van der Waals surface area (Å²) in [5, 5.41) is 0. The van der Waals surface area contributed by atoms with E-state index in [1.54, 1.807) is 0 Å². The Labute approximate surface area is 154 Å². The van der Waals surface area contributed by atoms with Crippen molar-refractivity contribution in [2.45, 2.75) is 38.5 Å². The van der Waals surface area contributed by atoms with Gasteiger partial charge in [-0.05, 0) is 30.5 Å². The van der Waals surface area contributed by atoms with Gasteiger partial charge in [0, 0.05) is 11.6 Å². The highest BCUT2D eigenvalue weighted by molar-refractivity contribution is 5.33. The van der Waals surface area contributed by atoms with E-state index in [1.165, 1.54) is 25.3 Å². The predicted octanol–water partition coefficient (Wildman–Crippen LogP) is 5.88. The van der Waals surface area contributed by atoms with Crippen LogP contribution < -0.4 is 9.47 Å². The lowest BCUT2D eigenvalue weighted by atomic mass is 10.0. The molecule has 0 aliphatic heterocycles. The first-order valence-electron chi connectivity index (χ1n) is 8.60. The Balaban J connectivity index is 2.06. The first kappa shape index (κ1) is 21.0. The van der Waals surface area contributed by atoms with E-state index < -0.39 is 42.0 Å². The second kappa shape index (κ2) is 9.58. The monoisotopic (exact) mass is 388 g/mol. The van der Waals surface area contributed by atoms with Gasteiger partial charge in [-0.2, -0.15) is 0 Å². The summed E-state index contributed by atoms with van der Waals surface area (Å²) in [5.74, 6) is -3.45. The molecule has 27 heavy (non-hydrogen) atoms. The van der Waals surface area contributed by atoms with Crippen LogP contribution in [0.2, 0.25) is 0 Å². The van der Waals surface area contributed by atoms with Crippen LogP contribution in [0.4, 0.5) is 22.0 Å². The molecule has 0 saturated carbocycles. The Morgan fingerprint density at radius 3 is 2.37 bits per heavy atom. The van der Waals surface area contributed by atoms with E-state index >= 15 is 0 Å². The molecule has 2 rings (SSSR count). The van der Waals surface area contributed by atoms with Gasteiger partial charge in [0.25, 0.3) is 0 Å². The predicted molar refractivity (Wildman–Crippen MR) is 92.2 cm³/mol. The highest BCUT2D eigenvalue weighted by Crippen LogP contribution is 2.30. The molecule has 0 fully saturated rings. The van der Waals surface area contributed by atoms with Crippen LogP contribution in [-0.4, -0.2) is 19.9 Å². The van der Waals surface area contributed by atoms with E-state index in [0.29, 0.717) is 12.8 Å². The Hall–Kier alpha value is -2.31. The molecule has 2 atom stereocenters. The summed E-state index contributed by atoms with van der Waals surface area (Å²) >= 11 is 0. The molecule has 0 aromatic heterocycles. The summed E-state index contributed by atoms with van der Waals surface area (Å²) in [5.41, 5.74) is -0.601. The lowest BCUT2D eigenvalue weighted by Crippen LogP contribution is -2.20. The summed E-state index contributed by atoms with van der Waals surface area (Å²) in [6.45, 7) is 1.04. The van der Waals surface area contributed by atoms with Crippen molar-refractivity contribution in [3.8, 4) is 11.5 Å². The number of unbranched alkanes of at least 4 members (excludes halogenated alkanes) is 1. The van der Waals surface area contributed by atoms with Crippen molar-refractivity contribution in [1.82, 2.24) is 0 Å². The molecule has 2 aromatic carbocycles. The molecule has 2 aromatic rings. The van der Waals surface area contributed by atoms with Crippen molar-refractivity contribution in [3.05, 3.63) is 58.9 Å². The first-order chi connectivity index (χ1) is 12.9. The molecule has 0 radical (unpaired) electrons. The van der Waals surface area contributed by atoms with Gasteiger partial charge in [-0.15, -0.1) is 0 Å². The quantitative estimate of drug-likeness (QED) is 0.499. The fourth-order valence-corrected chi connectivity index (χ4v) is 2.55. The highest BCUT2D eigenvalue weighted by Gasteiger charge is 2.28. The summed E-state index contributed by atoms with van der Waals surface area (Å²) < 4.78 is 80.1. The van der Waals surface area contributed by atoms with Gasteiger partial charge in [0.05, 0.1) is 7.11 Å². The minimum atomic E-state index is -2.44. The fraction of sp³-hybridized carbons (Fsp3) is 0.400. The maximum Gasteiger partial charge on any atom is 0.169 e. The number of hydrogen-bond acceptors (Lipinski definition) is 2. The number of methoxy groups -OCH3 is 1. The molecule has 7 heteroatoms. The van der Waals surface area contributed by atoms with Crippen LogP contribution in [-0.2, 0) is 6.42 Å². The SMILES string of the molecule is CCCCc1ccc(C(F)C(F)COc2ccc(OC)cc2F)c(F)c1F. The minimum absolute atomic E-state index is 0.122. The van der Waals surface area contributed by atoms with Gasteiger partial charge in [0.2, 0.25) is 0 Å². The Kier molecular flexibility index (Phi) is 7.45. The molecule has 0 saturated heterocycles. The number of benzene rings is 2. The summed E-state index contributed by atoms with van der Waals surface area (Å²) in [7, 11) is 1.35. The maximum atomic E-state index is 14.3. The number of rotatable bonds is 9. The van der Waals surface area contributed by atoms with Crippen molar-refractivity contribution in [3.63, 3.8) is 0 Å². The van der Waals surface area contributed by atoms with Crippen molar-refractivity contribution >= 4 is 0 Å². The van der Waals surface area contributed by atoms with E-state index in [-0.39, 0.29) is 17.1 Å². The molecule has 0 bridgehead atoms. The smallest absolute Gasteiger partial charge is 0.169 e. The van der Waals surface area contributed by atoms with E-state index in [0.717, 1.165) is 18.6 Å². The molecule has 0 spiro atoms. The molecule has 0 N–H and O–H groups in total. The molecule has 0 aliphatic carbocycles. The third-order valence-electron chi connectivity index (χ3n) is 4.14. The van der Waals surface area contributed by atoms with Gasteiger partial charge in [-0.3, -0.25) is 0 Å². The number of aryl methyl sites for hydroxylation is 1. The molecular formula is C20H21F5O2. The van der Waals surface area contributed by atoms with Crippen LogP contribution in [0.25, 0.3) is 0 Å². The Morgan fingerprint density at radius 1 is 1.00 bits per heavy atom. The Bertz CT molecular complexity index is 766. The van der Waals surface area contributed by atoms with Crippen LogP contribution in [0, 0.1) is 17.5 Å². The van der Waals surface area contributed by atoms with Gasteiger partial charge in [0.1, 0.15) is 12.4 Å². The molecule has 2 nitrogen and oxygen atoms in total. The maximum absolute atomic E-state index is 14.3. The van der Waals surface area contributed by atoms with Crippen LogP contribution in [0.1, 0.15) is 37.1 Å². The minimum Gasteiger partial charge on any atom is -0.497 e. The Morgan fingerprint density at radius 2 is 1.74 bits per heavy atom. The average molecular weight is 388 g/mol. The van der Waals surface area contributed by atoms with Gasteiger partial charge in [0.15, 0.2) is 35.5 Å². The summed E-state index contributed by atoms with van der Waals surface area (Å²) in [6.07, 6.45) is -2.99. The zero-order valence-electron chi connectivity index (χ0n) is 15.1. The topological polar surface area (TPSA) is 18.5 Å². The number of alkyl halides is 2. The van der Waals surface area contributed by atoms with Crippen molar-refractivity contribution in [1.29, 1.82) is 0 Å².